The molecule has 2 unspecified atom stereocenters. The lowest BCUT2D eigenvalue weighted by molar-refractivity contribution is -0.870. The number of unbranched alkanes of at least 4 members (excludes halogenated alkanes) is 61. The van der Waals surface area contributed by atoms with Gasteiger partial charge in [-0.15, -0.1) is 0 Å². The van der Waals surface area contributed by atoms with Crippen molar-refractivity contribution in [2.24, 2.45) is 0 Å². The van der Waals surface area contributed by atoms with Crippen LogP contribution in [0.1, 0.15) is 463 Å². The van der Waals surface area contributed by atoms with Gasteiger partial charge in [-0.25, -0.2) is 0 Å². The molecule has 0 aromatic rings. The van der Waals surface area contributed by atoms with Crippen molar-refractivity contribution < 1.29 is 42.1 Å². The van der Waals surface area contributed by atoms with E-state index in [9.17, 15) is 19.0 Å². The van der Waals surface area contributed by atoms with Crippen LogP contribution in [0.25, 0.3) is 0 Å². The van der Waals surface area contributed by atoms with Crippen LogP contribution in [0, 0.1) is 0 Å². The number of nitrogens with zero attached hydrogens (tertiary/aromatic N) is 1. The number of phosphoric acid groups is 1. The van der Waals surface area contributed by atoms with Crippen molar-refractivity contribution in [1.82, 2.24) is 0 Å². The zero-order valence-electron chi connectivity index (χ0n) is 68.8. The SMILES string of the molecule is CC/C=C\C/C=C\C/C=C\C/C=C\CCCCCCCCCCCCCCCCCCCCCCCCCCCCC(=O)OC(COC(=O)CCCCCCCCCCCCCCCCCCCCCCCCCCCCC/C=C\CCCCCCCCCC)COP(=O)([O-])OCC[N+](C)(C)C. The number of carbonyl (C=O) groups excluding carboxylic acids is 2. The van der Waals surface area contributed by atoms with Gasteiger partial charge in [0.05, 0.1) is 27.7 Å². The first-order valence-corrected chi connectivity index (χ1v) is 46.5. The van der Waals surface area contributed by atoms with Crippen molar-refractivity contribution in [3.05, 3.63) is 60.8 Å². The van der Waals surface area contributed by atoms with E-state index < -0.39 is 26.5 Å². The zero-order chi connectivity index (χ0) is 74.0. The zero-order valence-corrected chi connectivity index (χ0v) is 69.7. The third-order valence-corrected chi connectivity index (χ3v) is 21.5. The van der Waals surface area contributed by atoms with Crippen molar-refractivity contribution >= 4 is 19.8 Å². The first-order valence-electron chi connectivity index (χ1n) is 45.0. The number of hydrogen-bond donors (Lipinski definition) is 0. The molecule has 0 aliphatic heterocycles. The third kappa shape index (κ3) is 86.6. The summed E-state index contributed by atoms with van der Waals surface area (Å²) >= 11 is 0. The number of rotatable bonds is 85. The third-order valence-electron chi connectivity index (χ3n) is 20.5. The van der Waals surface area contributed by atoms with E-state index >= 15 is 0 Å². The maximum absolute atomic E-state index is 12.9. The molecular weight excluding hydrogens is 1280 g/mol. The highest BCUT2D eigenvalue weighted by atomic mass is 31.2. The standard InChI is InChI=1S/C92H174NO8P/c1-6-8-10-12-14-16-18-20-22-24-26-28-30-32-34-36-38-40-42-44-46-48-50-52-54-56-58-60-62-64-66-68-70-72-74-76-78-80-82-84-91(94)98-88-90(89-100-102(96,97)99-87-86-93(3,4)5)101-92(95)85-83-81-79-77-75-73-71-69-67-65-63-61-59-57-55-53-51-49-47-45-43-41-39-37-35-33-31-29-27-25-23-21-19-17-15-13-11-9-7-2/h9,11,15,17,21,23-24,26-27,29,90H,6-8,10,12-14,16,18-20,22,25,28,30-89H2,1-5H3/b11-9-,17-15-,23-21-,26-24-,29-27-. The summed E-state index contributed by atoms with van der Waals surface area (Å²) < 4.78 is 34.5. The average molecular weight is 1450 g/mol. The number of likely N-dealkylation sites (N-methyl/N-ethyl adjacent to an activating group) is 1. The molecule has 9 nitrogen and oxygen atoms in total. The van der Waals surface area contributed by atoms with E-state index in [4.69, 9.17) is 18.5 Å². The number of hydrogen-bond acceptors (Lipinski definition) is 8. The maximum Gasteiger partial charge on any atom is 0.306 e. The van der Waals surface area contributed by atoms with Gasteiger partial charge < -0.3 is 27.9 Å². The van der Waals surface area contributed by atoms with E-state index in [-0.39, 0.29) is 32.0 Å². The molecule has 0 aromatic heterocycles. The number of ether oxygens (including phenoxy) is 2. The minimum atomic E-state index is -4.65. The van der Waals surface area contributed by atoms with Gasteiger partial charge in [-0.3, -0.25) is 14.2 Å². The van der Waals surface area contributed by atoms with E-state index in [0.29, 0.717) is 17.4 Å². The maximum atomic E-state index is 12.9. The first-order chi connectivity index (χ1) is 50.0. The second kappa shape index (κ2) is 82.8. The molecule has 0 rings (SSSR count). The van der Waals surface area contributed by atoms with Crippen molar-refractivity contribution in [2.75, 3.05) is 47.5 Å². The van der Waals surface area contributed by atoms with Crippen molar-refractivity contribution in [1.29, 1.82) is 0 Å². The molecule has 0 bridgehead atoms. The highest BCUT2D eigenvalue weighted by molar-refractivity contribution is 7.45. The van der Waals surface area contributed by atoms with Gasteiger partial charge in [-0.2, -0.15) is 0 Å². The fraction of sp³-hybridized carbons (Fsp3) is 0.870. The Labute approximate surface area is 636 Å². The number of phosphoric ester groups is 1. The molecule has 0 fully saturated rings. The van der Waals surface area contributed by atoms with Crippen LogP contribution >= 0.6 is 7.82 Å². The second-order valence-electron chi connectivity index (χ2n) is 31.9. The molecule has 0 saturated heterocycles. The van der Waals surface area contributed by atoms with Crippen LogP contribution in [0.3, 0.4) is 0 Å². The molecule has 0 N–H and O–H groups in total. The predicted octanol–water partition coefficient (Wildman–Crippen LogP) is 29.8. The highest BCUT2D eigenvalue weighted by Crippen LogP contribution is 2.38. The summed E-state index contributed by atoms with van der Waals surface area (Å²) in [5.41, 5.74) is 0. The summed E-state index contributed by atoms with van der Waals surface area (Å²) in [6.07, 6.45) is 113. The summed E-state index contributed by atoms with van der Waals surface area (Å²) in [4.78, 5) is 38.3. The summed E-state index contributed by atoms with van der Waals surface area (Å²) in [6, 6.07) is 0. The monoisotopic (exact) mass is 1450 g/mol. The van der Waals surface area contributed by atoms with Crippen LogP contribution < -0.4 is 4.89 Å². The molecule has 0 aromatic carbocycles. The van der Waals surface area contributed by atoms with Gasteiger partial charge in [0, 0.05) is 12.8 Å². The fourth-order valence-electron chi connectivity index (χ4n) is 13.7. The molecule has 0 saturated carbocycles. The largest absolute Gasteiger partial charge is 0.756 e. The predicted molar refractivity (Wildman–Crippen MR) is 443 cm³/mol. The summed E-state index contributed by atoms with van der Waals surface area (Å²) in [7, 11) is 1.19. The van der Waals surface area contributed by atoms with Gasteiger partial charge in [-0.1, -0.05) is 434 Å². The molecule has 600 valence electrons. The van der Waals surface area contributed by atoms with Crippen LogP contribution in [0.2, 0.25) is 0 Å². The van der Waals surface area contributed by atoms with Gasteiger partial charge in [0.2, 0.25) is 0 Å². The Morgan fingerprint density at radius 1 is 0.314 bits per heavy atom. The Balaban J connectivity index is 3.83. The van der Waals surface area contributed by atoms with Crippen LogP contribution in [0.15, 0.2) is 60.8 Å². The highest BCUT2D eigenvalue weighted by Gasteiger charge is 2.22. The normalized spacial score (nSPS) is 13.2. The summed E-state index contributed by atoms with van der Waals surface area (Å²) in [5.74, 6) is -0.805. The summed E-state index contributed by atoms with van der Waals surface area (Å²) in [5, 5.41) is 0. The number of carbonyl (C=O) groups is 2. The Morgan fingerprint density at radius 3 is 0.843 bits per heavy atom. The molecule has 102 heavy (non-hydrogen) atoms. The number of esters is 2. The molecule has 0 spiro atoms. The van der Waals surface area contributed by atoms with Gasteiger partial charge in [0.1, 0.15) is 19.8 Å². The number of allylic oxidation sites excluding steroid dienone is 10. The minimum Gasteiger partial charge on any atom is -0.756 e. The van der Waals surface area contributed by atoms with E-state index in [0.717, 1.165) is 57.8 Å². The molecule has 0 heterocycles. The topological polar surface area (TPSA) is 111 Å². The van der Waals surface area contributed by atoms with Gasteiger partial charge >= 0.3 is 11.9 Å². The Bertz CT molecular complexity index is 1910. The van der Waals surface area contributed by atoms with E-state index in [1.807, 2.05) is 21.1 Å². The van der Waals surface area contributed by atoms with Crippen LogP contribution in [0.5, 0.6) is 0 Å². The minimum absolute atomic E-state index is 0.0275. The molecule has 2 atom stereocenters. The van der Waals surface area contributed by atoms with Crippen LogP contribution in [-0.2, 0) is 32.7 Å². The van der Waals surface area contributed by atoms with E-state index in [1.54, 1.807) is 0 Å². The van der Waals surface area contributed by atoms with Crippen molar-refractivity contribution in [3.63, 3.8) is 0 Å². The van der Waals surface area contributed by atoms with Gasteiger partial charge in [0.15, 0.2) is 6.10 Å². The molecule has 0 amide bonds. The fourth-order valence-corrected chi connectivity index (χ4v) is 14.4. The molecule has 0 aliphatic carbocycles. The van der Waals surface area contributed by atoms with Crippen LogP contribution in [0.4, 0.5) is 0 Å². The Morgan fingerprint density at radius 2 is 0.559 bits per heavy atom. The lowest BCUT2D eigenvalue weighted by Gasteiger charge is -2.28. The van der Waals surface area contributed by atoms with E-state index in [1.165, 1.54) is 372 Å². The lowest BCUT2D eigenvalue weighted by Crippen LogP contribution is -2.37. The van der Waals surface area contributed by atoms with Gasteiger partial charge in [0.25, 0.3) is 7.82 Å². The first kappa shape index (κ1) is 99.7. The second-order valence-corrected chi connectivity index (χ2v) is 33.3. The lowest BCUT2D eigenvalue weighted by atomic mass is 10.0. The quantitative estimate of drug-likeness (QED) is 0.0195. The van der Waals surface area contributed by atoms with Crippen molar-refractivity contribution in [3.8, 4) is 0 Å². The molecular formula is C92H174NO8P. The smallest absolute Gasteiger partial charge is 0.306 e. The average Bonchev–Trinajstić information content (AvgIpc) is 0.914. The molecule has 10 heteroatoms. The van der Waals surface area contributed by atoms with Crippen LogP contribution in [-0.4, -0.2) is 70.0 Å². The van der Waals surface area contributed by atoms with Gasteiger partial charge in [-0.05, 0) is 77.0 Å². The summed E-state index contributed by atoms with van der Waals surface area (Å²) in [6.45, 7) is 4.21. The van der Waals surface area contributed by atoms with E-state index in [2.05, 4.69) is 74.6 Å². The molecule has 0 aliphatic rings. The Kier molecular flexibility index (Phi) is 80.9. The molecule has 0 radical (unpaired) electrons. The number of quaternary nitrogens is 1. The van der Waals surface area contributed by atoms with Crippen molar-refractivity contribution in [2.45, 2.75) is 469 Å². The Hall–Kier alpha value is -2.29.